The number of anilines is 1. The van der Waals surface area contributed by atoms with Crippen LogP contribution in [0.4, 0.5) is 10.5 Å². The smallest absolute Gasteiger partial charge is 0.315 e. The zero-order valence-electron chi connectivity index (χ0n) is 17.5. The van der Waals surface area contributed by atoms with E-state index in [1.807, 2.05) is 31.2 Å². The van der Waals surface area contributed by atoms with Gasteiger partial charge in [0.05, 0.1) is 32.3 Å². The van der Waals surface area contributed by atoms with Crippen LogP contribution in [0.1, 0.15) is 45.4 Å². The highest BCUT2D eigenvalue weighted by molar-refractivity contribution is 5.96. The van der Waals surface area contributed by atoms with Crippen LogP contribution in [-0.2, 0) is 4.79 Å². The molecule has 1 atom stereocenters. The predicted octanol–water partition coefficient (Wildman–Crippen LogP) is 1.34. The van der Waals surface area contributed by atoms with Crippen molar-refractivity contribution in [3.05, 3.63) is 24.3 Å². The minimum absolute atomic E-state index is 0.0317. The number of benzene rings is 1. The van der Waals surface area contributed by atoms with E-state index in [1.165, 1.54) is 38.8 Å². The van der Waals surface area contributed by atoms with E-state index >= 15 is 0 Å². The third-order valence-corrected chi connectivity index (χ3v) is 5.72. The highest BCUT2D eigenvalue weighted by Crippen LogP contribution is 2.24. The van der Waals surface area contributed by atoms with Gasteiger partial charge in [-0.05, 0) is 56.9 Å². The maximum atomic E-state index is 12.4. The molecule has 1 aromatic rings. The molecule has 0 bridgehead atoms. The third-order valence-electron chi connectivity index (χ3n) is 5.72. The summed E-state index contributed by atoms with van der Waals surface area (Å²) in [6, 6.07) is 7.16. The number of likely N-dealkylation sites (tertiary alicyclic amines) is 1. The van der Waals surface area contributed by atoms with Crippen LogP contribution in [-0.4, -0.2) is 57.3 Å². The summed E-state index contributed by atoms with van der Waals surface area (Å²) in [5, 5.41) is 5.89. The van der Waals surface area contributed by atoms with Gasteiger partial charge in [0.25, 0.3) is 0 Å². The Balaban J connectivity index is 1.37. The number of carbonyl (C=O) groups is 2. The number of amides is 3. The van der Waals surface area contributed by atoms with Crippen molar-refractivity contribution in [1.29, 1.82) is 0 Å². The second-order valence-corrected chi connectivity index (χ2v) is 8.00. The topological polar surface area (TPSA) is 75.1 Å². The Morgan fingerprint density at radius 2 is 1.90 bits per heavy atom. The lowest BCUT2D eigenvalue weighted by Crippen LogP contribution is -3.11. The SMILES string of the molecule is CCOc1ccc(N2C[C@@H](NC(=O)NCCC[NH+]3CCCCCC3)CC2=O)cc1. The second-order valence-electron chi connectivity index (χ2n) is 8.00. The van der Waals surface area contributed by atoms with Crippen LogP contribution in [0.3, 0.4) is 0 Å². The van der Waals surface area contributed by atoms with E-state index in [9.17, 15) is 9.59 Å². The molecule has 2 aliphatic heterocycles. The average Bonchev–Trinajstić information content (AvgIpc) is 2.91. The van der Waals surface area contributed by atoms with Gasteiger partial charge in [0.2, 0.25) is 5.91 Å². The molecule has 0 aromatic heterocycles. The fraction of sp³-hybridized carbons (Fsp3) is 0.636. The van der Waals surface area contributed by atoms with Gasteiger partial charge < -0.3 is 25.2 Å². The first-order valence-electron chi connectivity index (χ1n) is 11.1. The summed E-state index contributed by atoms with van der Waals surface area (Å²) in [5.41, 5.74) is 0.837. The van der Waals surface area contributed by atoms with E-state index in [4.69, 9.17) is 4.74 Å². The quantitative estimate of drug-likeness (QED) is 0.574. The molecular formula is C22H35N4O3+. The highest BCUT2D eigenvalue weighted by atomic mass is 16.5. The molecule has 3 amide bonds. The summed E-state index contributed by atoms with van der Waals surface area (Å²) in [6.45, 7) is 7.37. The number of nitrogens with zero attached hydrogens (tertiary/aromatic N) is 1. The zero-order valence-corrected chi connectivity index (χ0v) is 17.5. The molecule has 7 nitrogen and oxygen atoms in total. The summed E-state index contributed by atoms with van der Waals surface area (Å²) in [5.74, 6) is 0.822. The number of nitrogens with one attached hydrogen (secondary N) is 3. The largest absolute Gasteiger partial charge is 0.494 e. The number of rotatable bonds is 8. The van der Waals surface area contributed by atoms with Crippen molar-refractivity contribution in [2.75, 3.05) is 44.2 Å². The van der Waals surface area contributed by atoms with Gasteiger partial charge in [0.15, 0.2) is 0 Å². The van der Waals surface area contributed by atoms with Crippen molar-refractivity contribution < 1.29 is 19.2 Å². The molecule has 0 radical (unpaired) electrons. The summed E-state index contributed by atoms with van der Waals surface area (Å²) < 4.78 is 5.45. The van der Waals surface area contributed by atoms with Crippen LogP contribution >= 0.6 is 0 Å². The minimum atomic E-state index is -0.179. The van der Waals surface area contributed by atoms with E-state index in [0.29, 0.717) is 26.1 Å². The van der Waals surface area contributed by atoms with Crippen LogP contribution in [0, 0.1) is 0 Å². The molecule has 0 saturated carbocycles. The van der Waals surface area contributed by atoms with E-state index in [-0.39, 0.29) is 18.0 Å². The fourth-order valence-corrected chi connectivity index (χ4v) is 4.20. The maximum absolute atomic E-state index is 12.4. The van der Waals surface area contributed by atoms with Gasteiger partial charge >= 0.3 is 6.03 Å². The molecule has 0 unspecified atom stereocenters. The number of quaternary nitrogens is 1. The molecule has 3 rings (SSSR count). The molecule has 1 aromatic carbocycles. The maximum Gasteiger partial charge on any atom is 0.315 e. The Kier molecular flexibility index (Phi) is 8.16. The van der Waals surface area contributed by atoms with Crippen molar-refractivity contribution in [2.45, 2.75) is 51.5 Å². The van der Waals surface area contributed by atoms with E-state index in [2.05, 4.69) is 10.6 Å². The van der Waals surface area contributed by atoms with E-state index in [1.54, 1.807) is 9.80 Å². The normalized spacial score (nSPS) is 20.4. The first kappa shape index (κ1) is 21.4. The first-order chi connectivity index (χ1) is 14.2. The zero-order chi connectivity index (χ0) is 20.5. The predicted molar refractivity (Wildman–Crippen MR) is 114 cm³/mol. The van der Waals surface area contributed by atoms with Crippen LogP contribution in [0.2, 0.25) is 0 Å². The van der Waals surface area contributed by atoms with Crippen LogP contribution < -0.4 is 25.2 Å². The number of hydrogen-bond donors (Lipinski definition) is 3. The second kappa shape index (κ2) is 11.0. The van der Waals surface area contributed by atoms with Gasteiger partial charge in [-0.15, -0.1) is 0 Å². The van der Waals surface area contributed by atoms with Gasteiger partial charge in [0, 0.05) is 31.6 Å². The molecule has 0 spiro atoms. The van der Waals surface area contributed by atoms with Gasteiger partial charge in [-0.2, -0.15) is 0 Å². The van der Waals surface area contributed by atoms with Crippen molar-refractivity contribution >= 4 is 17.6 Å². The van der Waals surface area contributed by atoms with Crippen molar-refractivity contribution in [3.8, 4) is 5.75 Å². The molecule has 3 N–H and O–H groups in total. The molecule has 160 valence electrons. The van der Waals surface area contributed by atoms with Gasteiger partial charge in [-0.25, -0.2) is 4.79 Å². The van der Waals surface area contributed by atoms with Crippen molar-refractivity contribution in [3.63, 3.8) is 0 Å². The molecule has 0 aliphatic carbocycles. The van der Waals surface area contributed by atoms with E-state index in [0.717, 1.165) is 24.4 Å². The molecular weight excluding hydrogens is 368 g/mol. The van der Waals surface area contributed by atoms with Crippen LogP contribution in [0.15, 0.2) is 24.3 Å². The van der Waals surface area contributed by atoms with Gasteiger partial charge in [-0.3, -0.25) is 4.79 Å². The minimum Gasteiger partial charge on any atom is -0.494 e. The average molecular weight is 404 g/mol. The first-order valence-corrected chi connectivity index (χ1v) is 11.1. The molecule has 2 aliphatic rings. The standard InChI is InChI=1S/C22H34N4O3/c1-2-29-20-10-8-19(9-11-20)26-17-18(16-21(26)27)24-22(28)23-12-7-15-25-13-5-3-4-6-14-25/h8-11,18H,2-7,12-17H2,1H3,(H2,23,24,28)/p+1/t18-/m0/s1. The lowest BCUT2D eigenvalue weighted by molar-refractivity contribution is -0.899. The fourth-order valence-electron chi connectivity index (χ4n) is 4.20. The Morgan fingerprint density at radius 3 is 2.59 bits per heavy atom. The molecule has 7 heteroatoms. The summed E-state index contributed by atoms with van der Waals surface area (Å²) in [4.78, 5) is 27.9. The third kappa shape index (κ3) is 6.63. The monoisotopic (exact) mass is 403 g/mol. The van der Waals surface area contributed by atoms with Crippen LogP contribution in [0.5, 0.6) is 5.75 Å². The highest BCUT2D eigenvalue weighted by Gasteiger charge is 2.31. The number of hydrogen-bond acceptors (Lipinski definition) is 3. The molecule has 29 heavy (non-hydrogen) atoms. The lowest BCUT2D eigenvalue weighted by Gasteiger charge is -2.18. The molecule has 2 saturated heterocycles. The van der Waals surface area contributed by atoms with Crippen LogP contribution in [0.25, 0.3) is 0 Å². The Hall–Kier alpha value is -2.28. The van der Waals surface area contributed by atoms with Gasteiger partial charge in [-0.1, -0.05) is 0 Å². The van der Waals surface area contributed by atoms with Gasteiger partial charge in [0.1, 0.15) is 5.75 Å². The number of urea groups is 1. The van der Waals surface area contributed by atoms with E-state index < -0.39 is 0 Å². The molecule has 2 fully saturated rings. The van der Waals surface area contributed by atoms with Crippen molar-refractivity contribution in [2.24, 2.45) is 0 Å². The summed E-state index contributed by atoms with van der Waals surface area (Å²) >= 11 is 0. The Bertz CT molecular complexity index is 657. The summed E-state index contributed by atoms with van der Waals surface area (Å²) in [7, 11) is 0. The Morgan fingerprint density at radius 1 is 1.17 bits per heavy atom. The number of ether oxygens (including phenoxy) is 1. The Labute approximate surface area is 173 Å². The molecule has 2 heterocycles. The lowest BCUT2D eigenvalue weighted by atomic mass is 10.2. The number of carbonyl (C=O) groups excluding carboxylic acids is 2. The summed E-state index contributed by atoms with van der Waals surface area (Å²) in [6.07, 6.45) is 6.69. The van der Waals surface area contributed by atoms with Crippen molar-refractivity contribution in [1.82, 2.24) is 10.6 Å².